The van der Waals surface area contributed by atoms with E-state index in [4.69, 9.17) is 0 Å². The Labute approximate surface area is 112 Å². The van der Waals surface area contributed by atoms with Gasteiger partial charge in [-0.2, -0.15) is 0 Å². The van der Waals surface area contributed by atoms with E-state index in [1.54, 1.807) is 6.20 Å². The summed E-state index contributed by atoms with van der Waals surface area (Å²) in [5.74, 6) is 1.16. The molecule has 1 aromatic heterocycles. The molecule has 2 aromatic rings. The average Bonchev–Trinajstić information content (AvgIpc) is 3.23. The van der Waals surface area contributed by atoms with Gasteiger partial charge in [-0.1, -0.05) is 36.4 Å². The largest absolute Gasteiger partial charge is 0.310 e. The number of benzene rings is 1. The maximum absolute atomic E-state index is 12.1. The number of amides is 1. The summed E-state index contributed by atoms with van der Waals surface area (Å²) in [4.78, 5) is 16.3. The fourth-order valence-corrected chi connectivity index (χ4v) is 2.31. The van der Waals surface area contributed by atoms with Crippen molar-refractivity contribution in [2.75, 3.05) is 5.32 Å². The van der Waals surface area contributed by atoms with Crippen molar-refractivity contribution in [1.29, 1.82) is 0 Å². The Morgan fingerprint density at radius 2 is 2.00 bits per heavy atom. The minimum absolute atomic E-state index is 0.0743. The van der Waals surface area contributed by atoms with Crippen LogP contribution in [0.4, 0.5) is 5.82 Å². The number of hydrogen-bond donors (Lipinski definition) is 1. The van der Waals surface area contributed by atoms with Crippen molar-refractivity contribution in [2.45, 2.75) is 19.3 Å². The number of aryl methyl sites for hydroxylation is 1. The predicted molar refractivity (Wildman–Crippen MR) is 74.9 cm³/mol. The average molecular weight is 252 g/mol. The van der Waals surface area contributed by atoms with Gasteiger partial charge in [0.15, 0.2) is 0 Å². The molecule has 0 saturated heterocycles. The van der Waals surface area contributed by atoms with Crippen LogP contribution in [0.2, 0.25) is 0 Å². The van der Waals surface area contributed by atoms with Gasteiger partial charge in [-0.25, -0.2) is 4.98 Å². The summed E-state index contributed by atoms with van der Waals surface area (Å²) in [5.41, 5.74) is 2.34. The van der Waals surface area contributed by atoms with Crippen molar-refractivity contribution in [1.82, 2.24) is 4.98 Å². The molecule has 2 atom stereocenters. The normalized spacial score (nSPS) is 20.9. The quantitative estimate of drug-likeness (QED) is 0.911. The number of nitrogens with one attached hydrogen (secondary N) is 1. The minimum Gasteiger partial charge on any atom is -0.310 e. The van der Waals surface area contributed by atoms with E-state index in [9.17, 15) is 4.79 Å². The second-order valence-electron chi connectivity index (χ2n) is 5.07. The lowest BCUT2D eigenvalue weighted by molar-refractivity contribution is -0.117. The number of carbonyl (C=O) groups is 1. The molecule has 1 aliphatic carbocycles. The molecule has 96 valence electrons. The molecule has 1 aromatic carbocycles. The SMILES string of the molecule is Cc1ccc(NC(=O)[C@@H]2C[C@H]2c2ccccc2)nc1. The first-order valence-corrected chi connectivity index (χ1v) is 6.52. The third-order valence-electron chi connectivity index (χ3n) is 3.52. The topological polar surface area (TPSA) is 42.0 Å². The Morgan fingerprint density at radius 3 is 2.68 bits per heavy atom. The van der Waals surface area contributed by atoms with Gasteiger partial charge in [-0.05, 0) is 36.5 Å². The molecule has 1 aliphatic rings. The molecule has 1 N–H and O–H groups in total. The summed E-state index contributed by atoms with van der Waals surface area (Å²) in [6.07, 6.45) is 2.69. The van der Waals surface area contributed by atoms with Crippen LogP contribution in [0.5, 0.6) is 0 Å². The Kier molecular flexibility index (Phi) is 3.03. The van der Waals surface area contributed by atoms with E-state index in [2.05, 4.69) is 22.4 Å². The van der Waals surface area contributed by atoms with Gasteiger partial charge in [-0.3, -0.25) is 4.79 Å². The van der Waals surface area contributed by atoms with Crippen molar-refractivity contribution >= 4 is 11.7 Å². The molecule has 3 rings (SSSR count). The van der Waals surface area contributed by atoms with Gasteiger partial charge < -0.3 is 5.32 Å². The van der Waals surface area contributed by atoms with Crippen LogP contribution in [0.15, 0.2) is 48.7 Å². The monoisotopic (exact) mass is 252 g/mol. The van der Waals surface area contributed by atoms with E-state index < -0.39 is 0 Å². The molecular formula is C16H16N2O. The Morgan fingerprint density at radius 1 is 1.21 bits per heavy atom. The van der Waals surface area contributed by atoms with Gasteiger partial charge in [0.25, 0.3) is 0 Å². The van der Waals surface area contributed by atoms with Crippen LogP contribution < -0.4 is 5.32 Å². The van der Waals surface area contributed by atoms with Crippen LogP contribution in [0.25, 0.3) is 0 Å². The summed E-state index contributed by atoms with van der Waals surface area (Å²) in [5, 5.41) is 2.88. The first-order chi connectivity index (χ1) is 9.24. The van der Waals surface area contributed by atoms with E-state index in [1.807, 2.05) is 37.3 Å². The predicted octanol–water partition coefficient (Wildman–Crippen LogP) is 3.13. The highest BCUT2D eigenvalue weighted by atomic mass is 16.2. The first-order valence-electron chi connectivity index (χ1n) is 6.52. The number of carbonyl (C=O) groups excluding carboxylic acids is 1. The zero-order valence-electron chi connectivity index (χ0n) is 10.8. The zero-order valence-corrected chi connectivity index (χ0v) is 10.8. The highest BCUT2D eigenvalue weighted by Crippen LogP contribution is 2.47. The van der Waals surface area contributed by atoms with E-state index in [0.717, 1.165) is 12.0 Å². The molecule has 1 amide bonds. The van der Waals surface area contributed by atoms with Crippen LogP contribution >= 0.6 is 0 Å². The number of rotatable bonds is 3. The van der Waals surface area contributed by atoms with E-state index in [-0.39, 0.29) is 11.8 Å². The molecule has 1 fully saturated rings. The smallest absolute Gasteiger partial charge is 0.229 e. The van der Waals surface area contributed by atoms with E-state index in [1.165, 1.54) is 5.56 Å². The van der Waals surface area contributed by atoms with Gasteiger partial charge in [0.2, 0.25) is 5.91 Å². The molecule has 0 spiro atoms. The second kappa shape index (κ2) is 4.84. The van der Waals surface area contributed by atoms with Crippen LogP contribution in [-0.2, 0) is 4.79 Å². The van der Waals surface area contributed by atoms with Gasteiger partial charge in [0.05, 0.1) is 0 Å². The summed E-state index contributed by atoms with van der Waals surface area (Å²) in [7, 11) is 0. The molecule has 3 nitrogen and oxygen atoms in total. The summed E-state index contributed by atoms with van der Waals surface area (Å²) in [6, 6.07) is 14.0. The van der Waals surface area contributed by atoms with Gasteiger partial charge in [-0.15, -0.1) is 0 Å². The maximum Gasteiger partial charge on any atom is 0.229 e. The van der Waals surface area contributed by atoms with Crippen molar-refractivity contribution in [2.24, 2.45) is 5.92 Å². The third-order valence-corrected chi connectivity index (χ3v) is 3.52. The number of pyridine rings is 1. The van der Waals surface area contributed by atoms with Gasteiger partial charge in [0.1, 0.15) is 5.82 Å². The molecule has 1 heterocycles. The third kappa shape index (κ3) is 2.65. The van der Waals surface area contributed by atoms with Crippen molar-refractivity contribution in [3.8, 4) is 0 Å². The van der Waals surface area contributed by atoms with Crippen molar-refractivity contribution < 1.29 is 4.79 Å². The summed E-state index contributed by atoms with van der Waals surface area (Å²) in [6.45, 7) is 1.98. The summed E-state index contributed by atoms with van der Waals surface area (Å²) < 4.78 is 0. The first kappa shape index (κ1) is 11.9. The molecule has 0 radical (unpaired) electrons. The van der Waals surface area contributed by atoms with E-state index >= 15 is 0 Å². The number of anilines is 1. The Bertz CT molecular complexity index is 577. The lowest BCUT2D eigenvalue weighted by atomic mass is 10.1. The van der Waals surface area contributed by atoms with Crippen LogP contribution in [0, 0.1) is 12.8 Å². The lowest BCUT2D eigenvalue weighted by Gasteiger charge is -2.04. The number of hydrogen-bond acceptors (Lipinski definition) is 2. The molecule has 1 saturated carbocycles. The van der Waals surface area contributed by atoms with E-state index in [0.29, 0.717) is 11.7 Å². The molecule has 0 bridgehead atoms. The number of aromatic nitrogens is 1. The Balaban J connectivity index is 1.63. The van der Waals surface area contributed by atoms with Gasteiger partial charge >= 0.3 is 0 Å². The van der Waals surface area contributed by atoms with Crippen LogP contribution in [0.1, 0.15) is 23.5 Å². The molecule has 19 heavy (non-hydrogen) atoms. The van der Waals surface area contributed by atoms with Crippen molar-refractivity contribution in [3.05, 3.63) is 59.8 Å². The highest BCUT2D eigenvalue weighted by molar-refractivity contribution is 5.94. The molecule has 0 unspecified atom stereocenters. The molecule has 3 heteroatoms. The minimum atomic E-state index is 0.0743. The van der Waals surface area contributed by atoms with Gasteiger partial charge in [0, 0.05) is 12.1 Å². The second-order valence-corrected chi connectivity index (χ2v) is 5.07. The maximum atomic E-state index is 12.1. The standard InChI is InChI=1S/C16H16N2O/c1-11-7-8-15(17-10-11)18-16(19)14-9-13(14)12-5-3-2-4-6-12/h2-8,10,13-14H,9H2,1H3,(H,17,18,19)/t13-,14+/m0/s1. The Hall–Kier alpha value is -2.16. The fraction of sp³-hybridized carbons (Fsp3) is 0.250. The van der Waals surface area contributed by atoms with Crippen LogP contribution in [0.3, 0.4) is 0 Å². The number of nitrogens with zero attached hydrogens (tertiary/aromatic N) is 1. The molecular weight excluding hydrogens is 236 g/mol. The molecule has 0 aliphatic heterocycles. The zero-order chi connectivity index (χ0) is 13.2. The van der Waals surface area contributed by atoms with Crippen molar-refractivity contribution in [3.63, 3.8) is 0 Å². The summed E-state index contributed by atoms with van der Waals surface area (Å²) >= 11 is 0. The lowest BCUT2D eigenvalue weighted by Crippen LogP contribution is -2.15. The van der Waals surface area contributed by atoms with Crippen LogP contribution in [-0.4, -0.2) is 10.9 Å². The fourth-order valence-electron chi connectivity index (χ4n) is 2.31. The highest BCUT2D eigenvalue weighted by Gasteiger charge is 2.43.